The summed E-state index contributed by atoms with van der Waals surface area (Å²) in [4.78, 5) is 40.4. The van der Waals surface area contributed by atoms with E-state index in [2.05, 4.69) is 31.2 Å². The Morgan fingerprint density at radius 3 is 2.68 bits per heavy atom. The third-order valence-electron chi connectivity index (χ3n) is 3.18. The van der Waals surface area contributed by atoms with E-state index in [1.54, 1.807) is 18.3 Å². The number of rotatable bonds is 6. The first kappa shape index (κ1) is 16.7. The molecule has 2 aromatic rings. The van der Waals surface area contributed by atoms with Gasteiger partial charge in [0.1, 0.15) is 0 Å². The van der Waals surface area contributed by atoms with Gasteiger partial charge in [-0.1, -0.05) is 0 Å². The number of carbonyl (C=O) groups excluding carboxylic acids is 1. The van der Waals surface area contributed by atoms with E-state index in [1.165, 1.54) is 4.88 Å². The molecule has 1 amide bonds. The zero-order chi connectivity index (χ0) is 16.1. The topological polar surface area (TPSA) is 94.8 Å². The van der Waals surface area contributed by atoms with Crippen molar-refractivity contribution in [3.63, 3.8) is 0 Å². The summed E-state index contributed by atoms with van der Waals surface area (Å²) in [5.41, 5.74) is -0.0165. The van der Waals surface area contributed by atoms with Crippen LogP contribution in [0.2, 0.25) is 0 Å². The van der Waals surface area contributed by atoms with Crippen molar-refractivity contribution in [3.05, 3.63) is 52.9 Å². The number of hydrogen-bond acceptors (Lipinski definition) is 4. The van der Waals surface area contributed by atoms with Crippen LogP contribution in [0.3, 0.4) is 0 Å². The Kier molecular flexibility index (Phi) is 5.73. The van der Waals surface area contributed by atoms with Gasteiger partial charge in [0, 0.05) is 29.1 Å². The molecule has 3 N–H and O–H groups in total. The van der Waals surface area contributed by atoms with Crippen LogP contribution < -0.4 is 16.6 Å². The van der Waals surface area contributed by atoms with Crippen LogP contribution in [0.5, 0.6) is 0 Å². The summed E-state index contributed by atoms with van der Waals surface area (Å²) in [6, 6.07) is 4.00. The number of halogens is 1. The summed E-state index contributed by atoms with van der Waals surface area (Å²) < 4.78 is 1.07. The van der Waals surface area contributed by atoms with Crippen molar-refractivity contribution in [2.24, 2.45) is 0 Å². The summed E-state index contributed by atoms with van der Waals surface area (Å²) in [5, 5.41) is 2.83. The molecule has 0 aliphatic carbocycles. The Balaban J connectivity index is 1.81. The van der Waals surface area contributed by atoms with Gasteiger partial charge >= 0.3 is 5.69 Å². The highest BCUT2D eigenvalue weighted by Crippen LogP contribution is 2.22. The lowest BCUT2D eigenvalue weighted by atomic mass is 10.1. The molecule has 118 valence electrons. The number of H-pyrrole nitrogens is 2. The minimum Gasteiger partial charge on any atom is -0.356 e. The number of thiophene rings is 1. The van der Waals surface area contributed by atoms with Crippen molar-refractivity contribution >= 4 is 33.2 Å². The molecule has 0 saturated heterocycles. The third kappa shape index (κ3) is 4.67. The van der Waals surface area contributed by atoms with Gasteiger partial charge in [0.15, 0.2) is 0 Å². The molecule has 0 atom stereocenters. The van der Waals surface area contributed by atoms with Crippen molar-refractivity contribution in [1.29, 1.82) is 0 Å². The highest BCUT2D eigenvalue weighted by atomic mass is 79.9. The molecule has 0 saturated carbocycles. The first-order chi connectivity index (χ1) is 10.5. The van der Waals surface area contributed by atoms with E-state index < -0.39 is 11.2 Å². The van der Waals surface area contributed by atoms with Gasteiger partial charge in [-0.3, -0.25) is 14.6 Å². The normalized spacial score (nSPS) is 10.6. The van der Waals surface area contributed by atoms with Crippen molar-refractivity contribution in [1.82, 2.24) is 15.3 Å². The second-order valence-electron chi connectivity index (χ2n) is 4.82. The second-order valence-corrected chi connectivity index (χ2v) is 7.37. The van der Waals surface area contributed by atoms with Crippen LogP contribution in [-0.2, 0) is 17.6 Å². The number of aryl methyl sites for hydroxylation is 1. The van der Waals surface area contributed by atoms with Crippen LogP contribution in [0, 0.1) is 6.92 Å². The third-order valence-corrected chi connectivity index (χ3v) is 4.86. The van der Waals surface area contributed by atoms with Gasteiger partial charge in [-0.05, 0) is 47.8 Å². The highest BCUT2D eigenvalue weighted by molar-refractivity contribution is 9.11. The summed E-state index contributed by atoms with van der Waals surface area (Å²) >= 11 is 5.04. The molecule has 2 rings (SSSR count). The van der Waals surface area contributed by atoms with Crippen LogP contribution in [0.4, 0.5) is 0 Å². The largest absolute Gasteiger partial charge is 0.356 e. The average molecular weight is 386 g/mol. The maximum Gasteiger partial charge on any atom is 0.325 e. The number of nitrogens with one attached hydrogen (secondary N) is 3. The first-order valence-corrected chi connectivity index (χ1v) is 8.39. The molecule has 0 aliphatic rings. The SMILES string of the molecule is Cc1[nH]c(=O)[nH]c(=O)c1CCC(=O)NCCc1ccc(Br)s1. The Morgan fingerprint density at radius 2 is 2.05 bits per heavy atom. The predicted molar refractivity (Wildman–Crippen MR) is 89.5 cm³/mol. The van der Waals surface area contributed by atoms with Crippen LogP contribution >= 0.6 is 27.3 Å². The molecule has 6 nitrogen and oxygen atoms in total. The van der Waals surface area contributed by atoms with E-state index in [0.29, 0.717) is 24.2 Å². The monoisotopic (exact) mass is 385 g/mol. The number of hydrogen-bond donors (Lipinski definition) is 3. The minimum atomic E-state index is -0.530. The lowest BCUT2D eigenvalue weighted by molar-refractivity contribution is -0.121. The summed E-state index contributed by atoms with van der Waals surface area (Å²) in [6.07, 6.45) is 1.29. The van der Waals surface area contributed by atoms with Crippen LogP contribution in [-0.4, -0.2) is 22.4 Å². The van der Waals surface area contributed by atoms with Crippen LogP contribution in [0.25, 0.3) is 0 Å². The Labute approximate surface area is 139 Å². The average Bonchev–Trinajstić information content (AvgIpc) is 2.83. The second kappa shape index (κ2) is 7.55. The van der Waals surface area contributed by atoms with E-state index in [9.17, 15) is 14.4 Å². The number of aromatic amines is 2. The van der Waals surface area contributed by atoms with Gasteiger partial charge in [0.2, 0.25) is 5.91 Å². The molecule has 0 aliphatic heterocycles. The molecule has 0 fully saturated rings. The zero-order valence-electron chi connectivity index (χ0n) is 12.0. The van der Waals surface area contributed by atoms with Gasteiger partial charge < -0.3 is 10.3 Å². The lowest BCUT2D eigenvalue weighted by Crippen LogP contribution is -2.29. The maximum atomic E-state index is 11.8. The molecule has 0 spiro atoms. The van der Waals surface area contributed by atoms with Crippen molar-refractivity contribution in [2.45, 2.75) is 26.2 Å². The van der Waals surface area contributed by atoms with Crippen molar-refractivity contribution in [2.75, 3.05) is 6.54 Å². The van der Waals surface area contributed by atoms with E-state index >= 15 is 0 Å². The summed E-state index contributed by atoms with van der Waals surface area (Å²) in [7, 11) is 0. The Morgan fingerprint density at radius 1 is 1.27 bits per heavy atom. The molecule has 0 unspecified atom stereocenters. The number of amides is 1. The molecule has 0 aromatic carbocycles. The molecule has 22 heavy (non-hydrogen) atoms. The Bertz CT molecular complexity index is 778. The minimum absolute atomic E-state index is 0.111. The molecule has 2 aromatic heterocycles. The maximum absolute atomic E-state index is 11.8. The standard InChI is InChI=1S/C14H16BrN3O3S/c1-8-10(13(20)18-14(21)17-8)3-5-12(19)16-7-6-9-2-4-11(15)22-9/h2,4H,3,5-7H2,1H3,(H,16,19)(H2,17,18,20,21). The van der Waals surface area contributed by atoms with Gasteiger partial charge in [-0.15, -0.1) is 11.3 Å². The molecular formula is C14H16BrN3O3S. The predicted octanol–water partition coefficient (Wildman–Crippen LogP) is 1.49. The fourth-order valence-electron chi connectivity index (χ4n) is 2.07. The number of carbonyl (C=O) groups is 1. The van der Waals surface area contributed by atoms with Crippen molar-refractivity contribution in [3.8, 4) is 0 Å². The molecule has 0 bridgehead atoms. The van der Waals surface area contributed by atoms with Gasteiger partial charge in [-0.2, -0.15) is 0 Å². The van der Waals surface area contributed by atoms with Crippen LogP contribution in [0.1, 0.15) is 22.6 Å². The van der Waals surface area contributed by atoms with Crippen molar-refractivity contribution < 1.29 is 4.79 Å². The lowest BCUT2D eigenvalue weighted by Gasteiger charge is -2.05. The smallest absolute Gasteiger partial charge is 0.325 e. The van der Waals surface area contributed by atoms with Gasteiger partial charge in [-0.25, -0.2) is 4.79 Å². The molecule has 2 heterocycles. The van der Waals surface area contributed by atoms with Crippen LogP contribution in [0.15, 0.2) is 25.5 Å². The van der Waals surface area contributed by atoms with E-state index in [-0.39, 0.29) is 12.3 Å². The molecule has 8 heteroatoms. The summed E-state index contributed by atoms with van der Waals surface area (Å²) in [5.74, 6) is -0.111. The first-order valence-electron chi connectivity index (χ1n) is 6.78. The van der Waals surface area contributed by atoms with E-state index in [4.69, 9.17) is 0 Å². The van der Waals surface area contributed by atoms with E-state index in [0.717, 1.165) is 10.2 Å². The molecular weight excluding hydrogens is 370 g/mol. The van der Waals surface area contributed by atoms with Gasteiger partial charge in [0.05, 0.1) is 3.79 Å². The quantitative estimate of drug-likeness (QED) is 0.702. The number of aromatic nitrogens is 2. The zero-order valence-corrected chi connectivity index (χ0v) is 14.4. The molecule has 0 radical (unpaired) electrons. The Hall–Kier alpha value is -1.67. The summed E-state index contributed by atoms with van der Waals surface area (Å²) in [6.45, 7) is 2.21. The van der Waals surface area contributed by atoms with E-state index in [1.807, 2.05) is 12.1 Å². The fraction of sp³-hybridized carbons (Fsp3) is 0.357. The highest BCUT2D eigenvalue weighted by Gasteiger charge is 2.09. The van der Waals surface area contributed by atoms with Gasteiger partial charge in [0.25, 0.3) is 5.56 Å². The fourth-order valence-corrected chi connectivity index (χ4v) is 3.55.